The number of amides is 2. The van der Waals surface area contributed by atoms with Crippen LogP contribution in [0.3, 0.4) is 0 Å². The number of benzene rings is 1. The Bertz CT molecular complexity index is 368. The Morgan fingerprint density at radius 2 is 1.26 bits per heavy atom. The Kier molecular flexibility index (Phi) is 14.0. The molecule has 2 rings (SSSR count). The SMILES string of the molecule is C.CC.CN1C(=O)Cc2ccccc2CC1=O.[CH3-].[Y]. The third kappa shape index (κ3) is 5.96. The van der Waals surface area contributed by atoms with Gasteiger partial charge in [-0.05, 0) is 11.1 Å². The van der Waals surface area contributed by atoms with E-state index in [9.17, 15) is 9.59 Å². The van der Waals surface area contributed by atoms with Crippen molar-refractivity contribution >= 4 is 11.8 Å². The van der Waals surface area contributed by atoms with Crippen molar-refractivity contribution in [1.82, 2.24) is 4.90 Å². The number of carbonyl (C=O) groups excluding carboxylic acids is 2. The van der Waals surface area contributed by atoms with Crippen LogP contribution in [0.4, 0.5) is 0 Å². The summed E-state index contributed by atoms with van der Waals surface area (Å²) in [6.07, 6.45) is 0.664. The number of nitrogens with zero attached hydrogens (tertiary/aromatic N) is 1. The topological polar surface area (TPSA) is 37.4 Å². The van der Waals surface area contributed by atoms with Gasteiger partial charge < -0.3 is 7.43 Å². The van der Waals surface area contributed by atoms with Crippen LogP contribution in [0.5, 0.6) is 0 Å². The van der Waals surface area contributed by atoms with Crippen LogP contribution in [0, 0.1) is 7.43 Å². The zero-order valence-electron chi connectivity index (χ0n) is 11.6. The van der Waals surface area contributed by atoms with Crippen molar-refractivity contribution < 1.29 is 42.3 Å². The van der Waals surface area contributed by atoms with Gasteiger partial charge in [0.05, 0.1) is 12.8 Å². The monoisotopic (exact) mass is 339 g/mol. The van der Waals surface area contributed by atoms with Gasteiger partial charge in [0.25, 0.3) is 0 Å². The zero-order chi connectivity index (χ0) is 12.1. The molecular formula is C15H24NO2Y-. The minimum absolute atomic E-state index is 0. The van der Waals surface area contributed by atoms with Gasteiger partial charge in [0, 0.05) is 39.8 Å². The average Bonchev–Trinajstić information content (AvgIpc) is 2.42. The Morgan fingerprint density at radius 3 is 1.58 bits per heavy atom. The van der Waals surface area contributed by atoms with Crippen molar-refractivity contribution in [3.63, 3.8) is 0 Å². The van der Waals surface area contributed by atoms with Crippen LogP contribution >= 0.6 is 0 Å². The molecule has 2 amide bonds. The Labute approximate surface area is 142 Å². The van der Waals surface area contributed by atoms with Gasteiger partial charge in [0.2, 0.25) is 11.8 Å². The van der Waals surface area contributed by atoms with Crippen molar-refractivity contribution in [3.05, 3.63) is 42.8 Å². The molecule has 0 bridgehead atoms. The fourth-order valence-corrected chi connectivity index (χ4v) is 1.60. The van der Waals surface area contributed by atoms with Gasteiger partial charge in [0.15, 0.2) is 0 Å². The van der Waals surface area contributed by atoms with Crippen LogP contribution in [0.25, 0.3) is 0 Å². The summed E-state index contributed by atoms with van der Waals surface area (Å²) in [7, 11) is 1.54. The largest absolute Gasteiger partial charge is 0.358 e. The molecule has 1 aliphatic heterocycles. The molecule has 0 atom stereocenters. The minimum atomic E-state index is -0.125. The van der Waals surface area contributed by atoms with Crippen LogP contribution < -0.4 is 0 Å². The summed E-state index contributed by atoms with van der Waals surface area (Å²) in [6.45, 7) is 4.00. The van der Waals surface area contributed by atoms with Gasteiger partial charge in [-0.1, -0.05) is 45.5 Å². The number of fused-ring (bicyclic) bond motifs is 1. The molecule has 0 saturated carbocycles. The van der Waals surface area contributed by atoms with Crippen molar-refractivity contribution in [2.24, 2.45) is 0 Å². The first-order valence-electron chi connectivity index (χ1n) is 5.54. The molecule has 0 spiro atoms. The van der Waals surface area contributed by atoms with Crippen molar-refractivity contribution in [2.75, 3.05) is 7.05 Å². The van der Waals surface area contributed by atoms with Crippen molar-refractivity contribution in [1.29, 1.82) is 0 Å². The second kappa shape index (κ2) is 11.3. The summed E-state index contributed by atoms with van der Waals surface area (Å²) in [6, 6.07) is 7.59. The molecular weight excluding hydrogens is 315 g/mol. The molecule has 0 aliphatic carbocycles. The number of imide groups is 1. The zero-order valence-corrected chi connectivity index (χ0v) is 14.4. The fraction of sp³-hybridized carbons (Fsp3) is 0.400. The van der Waals surface area contributed by atoms with Crippen LogP contribution in [0.15, 0.2) is 24.3 Å². The van der Waals surface area contributed by atoms with Crippen LogP contribution in [-0.4, -0.2) is 23.8 Å². The molecule has 4 heteroatoms. The predicted molar refractivity (Wildman–Crippen MR) is 76.1 cm³/mol. The molecule has 1 aromatic rings. The van der Waals surface area contributed by atoms with E-state index in [4.69, 9.17) is 0 Å². The number of hydrogen-bond acceptors (Lipinski definition) is 2. The summed E-state index contributed by atoms with van der Waals surface area (Å²) in [5, 5.41) is 0. The molecule has 19 heavy (non-hydrogen) atoms. The van der Waals surface area contributed by atoms with Gasteiger partial charge in [-0.3, -0.25) is 14.5 Å². The van der Waals surface area contributed by atoms with Crippen LogP contribution in [0.2, 0.25) is 0 Å². The maximum Gasteiger partial charge on any atom is 0.233 e. The van der Waals surface area contributed by atoms with E-state index in [0.29, 0.717) is 12.8 Å². The second-order valence-electron chi connectivity index (χ2n) is 3.47. The Hall–Kier alpha value is -0.536. The summed E-state index contributed by atoms with van der Waals surface area (Å²) in [4.78, 5) is 24.2. The van der Waals surface area contributed by atoms with E-state index in [-0.39, 0.29) is 59.4 Å². The van der Waals surface area contributed by atoms with Gasteiger partial charge in [-0.15, -0.1) is 0 Å². The van der Waals surface area contributed by atoms with Crippen molar-refractivity contribution in [3.8, 4) is 0 Å². The van der Waals surface area contributed by atoms with Gasteiger partial charge in [-0.25, -0.2) is 0 Å². The Morgan fingerprint density at radius 1 is 0.947 bits per heavy atom. The van der Waals surface area contributed by atoms with E-state index in [0.717, 1.165) is 11.1 Å². The van der Waals surface area contributed by atoms with Crippen molar-refractivity contribution in [2.45, 2.75) is 34.1 Å². The number of hydrogen-bond donors (Lipinski definition) is 0. The smallest absolute Gasteiger partial charge is 0.233 e. The predicted octanol–water partition coefficient (Wildman–Crippen LogP) is 2.88. The third-order valence-corrected chi connectivity index (χ3v) is 2.55. The van der Waals surface area contributed by atoms with Gasteiger partial charge in [-0.2, -0.15) is 0 Å². The number of carbonyl (C=O) groups is 2. The molecule has 0 unspecified atom stereocenters. The second-order valence-corrected chi connectivity index (χ2v) is 3.47. The van der Waals surface area contributed by atoms with Gasteiger partial charge in [0.1, 0.15) is 0 Å². The normalized spacial score (nSPS) is 12.5. The molecule has 0 aromatic heterocycles. The molecule has 0 N–H and O–H groups in total. The quantitative estimate of drug-likeness (QED) is 0.538. The van der Waals surface area contributed by atoms with E-state index >= 15 is 0 Å². The first-order chi connectivity index (χ1) is 7.68. The summed E-state index contributed by atoms with van der Waals surface area (Å²) >= 11 is 0. The molecule has 1 radical (unpaired) electrons. The van der Waals surface area contributed by atoms with E-state index in [1.807, 2.05) is 38.1 Å². The summed E-state index contributed by atoms with van der Waals surface area (Å²) < 4.78 is 0. The molecule has 3 nitrogen and oxygen atoms in total. The van der Waals surface area contributed by atoms with Crippen LogP contribution in [-0.2, 0) is 55.1 Å². The standard InChI is InChI=1S/C11H11NO2.C2H6.CH4.CH3.Y/c1-12-10(13)6-8-4-2-3-5-9(8)7-11(12)14;1-2;;;/h2-5H,6-7H2,1H3;1-2H3;1H4;1H3;/q;;;-1;. The maximum atomic E-state index is 11.5. The molecule has 1 aliphatic rings. The first-order valence-corrected chi connectivity index (χ1v) is 5.54. The molecule has 0 fully saturated rings. The fourth-order valence-electron chi connectivity index (χ4n) is 1.60. The average molecular weight is 339 g/mol. The minimum Gasteiger partial charge on any atom is -0.358 e. The molecule has 1 heterocycles. The molecule has 105 valence electrons. The first kappa shape index (κ1) is 23.5. The van der Waals surface area contributed by atoms with E-state index < -0.39 is 0 Å². The van der Waals surface area contributed by atoms with E-state index in [1.165, 1.54) is 11.9 Å². The maximum absolute atomic E-state index is 11.5. The third-order valence-electron chi connectivity index (χ3n) is 2.55. The number of rotatable bonds is 0. The van der Waals surface area contributed by atoms with E-state index in [2.05, 4.69) is 0 Å². The molecule has 1 aromatic carbocycles. The number of likely N-dealkylation sites (N-methyl/N-ethyl adjacent to an activating group) is 1. The van der Waals surface area contributed by atoms with Crippen LogP contribution in [0.1, 0.15) is 32.4 Å². The van der Waals surface area contributed by atoms with Gasteiger partial charge >= 0.3 is 0 Å². The Balaban J connectivity index is -0.000000489. The van der Waals surface area contributed by atoms with E-state index in [1.54, 1.807) is 0 Å². The summed E-state index contributed by atoms with van der Waals surface area (Å²) in [5.41, 5.74) is 1.94. The molecule has 0 saturated heterocycles. The summed E-state index contributed by atoms with van der Waals surface area (Å²) in [5.74, 6) is -0.250.